The molecule has 0 radical (unpaired) electrons. The zero-order chi connectivity index (χ0) is 13.9. The Morgan fingerprint density at radius 1 is 1.53 bits per heavy atom. The first-order valence-electron chi connectivity index (χ1n) is 6.74. The predicted molar refractivity (Wildman–Crippen MR) is 74.6 cm³/mol. The minimum atomic E-state index is -0.270. The molecule has 2 rings (SSSR count). The summed E-state index contributed by atoms with van der Waals surface area (Å²) in [4.78, 5) is 12.1. The molecule has 0 aliphatic carbocycles. The van der Waals surface area contributed by atoms with Crippen LogP contribution in [0.2, 0.25) is 0 Å². The van der Waals surface area contributed by atoms with Gasteiger partial charge in [-0.15, -0.1) is 0 Å². The van der Waals surface area contributed by atoms with Gasteiger partial charge in [-0.2, -0.15) is 0 Å². The Morgan fingerprint density at radius 2 is 2.21 bits per heavy atom. The van der Waals surface area contributed by atoms with Gasteiger partial charge in [0.05, 0.1) is 11.6 Å². The first-order chi connectivity index (χ1) is 9.01. The molecule has 4 nitrogen and oxygen atoms in total. The molecule has 104 valence electrons. The second kappa shape index (κ2) is 5.72. The van der Waals surface area contributed by atoms with Gasteiger partial charge in [0.15, 0.2) is 0 Å². The quantitative estimate of drug-likeness (QED) is 0.869. The summed E-state index contributed by atoms with van der Waals surface area (Å²) in [6.45, 7) is 4.71. The van der Waals surface area contributed by atoms with Gasteiger partial charge in [-0.3, -0.25) is 4.79 Å². The Labute approximate surface area is 114 Å². The summed E-state index contributed by atoms with van der Waals surface area (Å²) < 4.78 is 5.51. The van der Waals surface area contributed by atoms with E-state index < -0.39 is 0 Å². The lowest BCUT2D eigenvalue weighted by Gasteiger charge is -2.29. The lowest BCUT2D eigenvalue weighted by atomic mass is 9.94. The van der Waals surface area contributed by atoms with E-state index in [1.807, 2.05) is 44.2 Å². The van der Waals surface area contributed by atoms with E-state index in [-0.39, 0.29) is 23.6 Å². The number of hydrogen-bond donors (Lipinski definition) is 2. The molecule has 0 aromatic heterocycles. The SMILES string of the molecule is CC1OCCC1(C)NC(=O)CC(N)c1ccccc1. The molecule has 1 heterocycles. The van der Waals surface area contributed by atoms with E-state index in [2.05, 4.69) is 5.32 Å². The fourth-order valence-corrected chi connectivity index (χ4v) is 2.39. The molecule has 1 aliphatic rings. The highest BCUT2D eigenvalue weighted by molar-refractivity contribution is 5.77. The normalized spacial score (nSPS) is 28.1. The number of nitrogens with two attached hydrogens (primary N) is 1. The summed E-state index contributed by atoms with van der Waals surface area (Å²) in [5, 5.41) is 3.06. The van der Waals surface area contributed by atoms with Crippen molar-refractivity contribution < 1.29 is 9.53 Å². The second-order valence-corrected chi connectivity index (χ2v) is 5.45. The average Bonchev–Trinajstić information content (AvgIpc) is 2.70. The van der Waals surface area contributed by atoms with Crippen LogP contribution in [0.4, 0.5) is 0 Å². The third-order valence-corrected chi connectivity index (χ3v) is 3.94. The molecule has 1 aliphatic heterocycles. The number of carbonyl (C=O) groups is 1. The van der Waals surface area contributed by atoms with E-state index in [9.17, 15) is 4.79 Å². The summed E-state index contributed by atoms with van der Waals surface area (Å²) >= 11 is 0. The molecule has 4 heteroatoms. The molecule has 1 amide bonds. The van der Waals surface area contributed by atoms with Crippen LogP contribution in [0, 0.1) is 0 Å². The van der Waals surface area contributed by atoms with E-state index in [1.165, 1.54) is 0 Å². The first kappa shape index (κ1) is 14.0. The Balaban J connectivity index is 1.91. The van der Waals surface area contributed by atoms with Crippen molar-refractivity contribution in [1.29, 1.82) is 0 Å². The molecule has 3 N–H and O–H groups in total. The third-order valence-electron chi connectivity index (χ3n) is 3.94. The van der Waals surface area contributed by atoms with Crippen molar-refractivity contribution in [3.63, 3.8) is 0 Å². The van der Waals surface area contributed by atoms with Crippen molar-refractivity contribution in [3.05, 3.63) is 35.9 Å². The molecular formula is C15H22N2O2. The molecule has 3 unspecified atom stereocenters. The molecule has 1 aromatic rings. The highest BCUT2D eigenvalue weighted by Gasteiger charge is 2.38. The highest BCUT2D eigenvalue weighted by atomic mass is 16.5. The molecule has 3 atom stereocenters. The molecule has 1 fully saturated rings. The molecule has 0 saturated carbocycles. The van der Waals surface area contributed by atoms with Crippen molar-refractivity contribution in [2.45, 2.75) is 44.4 Å². The minimum absolute atomic E-state index is 0.0174. The van der Waals surface area contributed by atoms with Crippen molar-refractivity contribution in [2.75, 3.05) is 6.61 Å². The van der Waals surface area contributed by atoms with Crippen molar-refractivity contribution in [3.8, 4) is 0 Å². The Morgan fingerprint density at radius 3 is 2.79 bits per heavy atom. The number of hydrogen-bond acceptors (Lipinski definition) is 3. The Kier molecular flexibility index (Phi) is 4.22. The number of nitrogens with one attached hydrogen (secondary N) is 1. The maximum absolute atomic E-state index is 12.1. The van der Waals surface area contributed by atoms with Crippen LogP contribution in [-0.2, 0) is 9.53 Å². The molecule has 0 spiro atoms. The van der Waals surface area contributed by atoms with Crippen molar-refractivity contribution in [1.82, 2.24) is 5.32 Å². The summed E-state index contributed by atoms with van der Waals surface area (Å²) in [5.74, 6) is -0.0174. The maximum Gasteiger partial charge on any atom is 0.222 e. The summed E-state index contributed by atoms with van der Waals surface area (Å²) in [6.07, 6.45) is 1.19. The van der Waals surface area contributed by atoms with Gasteiger partial charge >= 0.3 is 0 Å². The summed E-state index contributed by atoms with van der Waals surface area (Å²) in [6, 6.07) is 9.43. The van der Waals surface area contributed by atoms with Gasteiger partial charge < -0.3 is 15.8 Å². The number of carbonyl (C=O) groups excluding carboxylic acids is 1. The van der Waals surface area contributed by atoms with E-state index in [0.717, 1.165) is 12.0 Å². The standard InChI is InChI=1S/C15H22N2O2/c1-11-15(2,8-9-19-11)17-14(18)10-13(16)12-6-4-3-5-7-12/h3-7,11,13H,8-10,16H2,1-2H3,(H,17,18). The Bertz CT molecular complexity index is 435. The molecule has 1 saturated heterocycles. The minimum Gasteiger partial charge on any atom is -0.376 e. The fraction of sp³-hybridized carbons (Fsp3) is 0.533. The largest absolute Gasteiger partial charge is 0.376 e. The fourth-order valence-electron chi connectivity index (χ4n) is 2.39. The number of amides is 1. The summed E-state index contributed by atoms with van der Waals surface area (Å²) in [5.41, 5.74) is 6.77. The van der Waals surface area contributed by atoms with Gasteiger partial charge in [-0.1, -0.05) is 30.3 Å². The topological polar surface area (TPSA) is 64.3 Å². The van der Waals surface area contributed by atoms with Crippen LogP contribution >= 0.6 is 0 Å². The highest BCUT2D eigenvalue weighted by Crippen LogP contribution is 2.25. The van der Waals surface area contributed by atoms with E-state index in [4.69, 9.17) is 10.5 Å². The third kappa shape index (κ3) is 3.33. The van der Waals surface area contributed by atoms with Gasteiger partial charge in [0, 0.05) is 19.1 Å². The van der Waals surface area contributed by atoms with Crippen LogP contribution in [0.25, 0.3) is 0 Å². The monoisotopic (exact) mass is 262 g/mol. The lowest BCUT2D eigenvalue weighted by Crippen LogP contribution is -2.51. The number of ether oxygens (including phenoxy) is 1. The maximum atomic E-state index is 12.1. The van der Waals surface area contributed by atoms with Crippen LogP contribution in [0.15, 0.2) is 30.3 Å². The van der Waals surface area contributed by atoms with Crippen LogP contribution in [0.1, 0.15) is 38.3 Å². The first-order valence-corrected chi connectivity index (χ1v) is 6.74. The van der Waals surface area contributed by atoms with Crippen molar-refractivity contribution >= 4 is 5.91 Å². The number of benzene rings is 1. The second-order valence-electron chi connectivity index (χ2n) is 5.45. The molecule has 19 heavy (non-hydrogen) atoms. The smallest absolute Gasteiger partial charge is 0.222 e. The average molecular weight is 262 g/mol. The summed E-state index contributed by atoms with van der Waals surface area (Å²) in [7, 11) is 0. The van der Waals surface area contributed by atoms with E-state index >= 15 is 0 Å². The Hall–Kier alpha value is -1.39. The van der Waals surface area contributed by atoms with Crippen LogP contribution in [0.5, 0.6) is 0 Å². The molecular weight excluding hydrogens is 240 g/mol. The van der Waals surface area contributed by atoms with Gasteiger partial charge in [0.1, 0.15) is 0 Å². The van der Waals surface area contributed by atoms with E-state index in [0.29, 0.717) is 13.0 Å². The van der Waals surface area contributed by atoms with Gasteiger partial charge in [0.2, 0.25) is 5.91 Å². The van der Waals surface area contributed by atoms with Crippen molar-refractivity contribution in [2.24, 2.45) is 5.73 Å². The van der Waals surface area contributed by atoms with Gasteiger partial charge in [0.25, 0.3) is 0 Å². The van der Waals surface area contributed by atoms with Gasteiger partial charge in [-0.25, -0.2) is 0 Å². The van der Waals surface area contributed by atoms with Crippen LogP contribution < -0.4 is 11.1 Å². The van der Waals surface area contributed by atoms with Crippen LogP contribution in [-0.4, -0.2) is 24.2 Å². The molecule has 1 aromatic carbocycles. The predicted octanol–water partition coefficient (Wildman–Crippen LogP) is 1.76. The lowest BCUT2D eigenvalue weighted by molar-refractivity contribution is -0.123. The zero-order valence-electron chi connectivity index (χ0n) is 11.6. The van der Waals surface area contributed by atoms with Crippen LogP contribution in [0.3, 0.4) is 0 Å². The van der Waals surface area contributed by atoms with Gasteiger partial charge in [-0.05, 0) is 25.8 Å². The zero-order valence-corrected chi connectivity index (χ0v) is 11.6. The molecule has 0 bridgehead atoms. The number of rotatable bonds is 4. The van der Waals surface area contributed by atoms with E-state index in [1.54, 1.807) is 0 Å².